The van der Waals surface area contributed by atoms with E-state index in [-0.39, 0.29) is 29.9 Å². The summed E-state index contributed by atoms with van der Waals surface area (Å²) >= 11 is 9.60. The quantitative estimate of drug-likeness (QED) is 0.367. The fourth-order valence-electron chi connectivity index (χ4n) is 3.38. The molecule has 1 atom stereocenters. The van der Waals surface area contributed by atoms with E-state index in [4.69, 9.17) is 11.6 Å². The van der Waals surface area contributed by atoms with E-state index in [0.29, 0.717) is 10.6 Å². The van der Waals surface area contributed by atoms with Crippen molar-refractivity contribution in [2.24, 2.45) is 0 Å². The number of benzene rings is 3. The van der Waals surface area contributed by atoms with E-state index in [1.807, 2.05) is 37.3 Å². The van der Waals surface area contributed by atoms with Crippen molar-refractivity contribution in [2.45, 2.75) is 37.2 Å². The SMILES string of the molecule is C[C@H](CCc1ccccc1)NC(=O)CN(Cc1ccccc1Cl)S(=O)(=O)c1ccc(Br)cc1. The zero-order valence-corrected chi connectivity index (χ0v) is 21.4. The third kappa shape index (κ3) is 7.40. The number of nitrogens with zero attached hydrogens (tertiary/aromatic N) is 1. The van der Waals surface area contributed by atoms with Crippen molar-refractivity contribution in [3.05, 3.63) is 99.5 Å². The molecular formula is C25H26BrClN2O3S. The third-order valence-electron chi connectivity index (χ3n) is 5.19. The Bertz CT molecular complexity index is 1170. The Morgan fingerprint density at radius 2 is 1.64 bits per heavy atom. The highest BCUT2D eigenvalue weighted by atomic mass is 79.9. The molecule has 3 aromatic rings. The van der Waals surface area contributed by atoms with Gasteiger partial charge < -0.3 is 5.32 Å². The van der Waals surface area contributed by atoms with Gasteiger partial charge in [-0.05, 0) is 61.2 Å². The summed E-state index contributed by atoms with van der Waals surface area (Å²) in [4.78, 5) is 12.9. The van der Waals surface area contributed by atoms with Crippen LogP contribution in [-0.2, 0) is 27.8 Å². The Hall–Kier alpha value is -2.19. The lowest BCUT2D eigenvalue weighted by Gasteiger charge is -2.23. The first-order valence-corrected chi connectivity index (χ1v) is 13.2. The van der Waals surface area contributed by atoms with Gasteiger partial charge in [-0.15, -0.1) is 0 Å². The molecule has 0 aliphatic rings. The number of amides is 1. The molecule has 8 heteroatoms. The number of aryl methyl sites for hydroxylation is 1. The molecule has 174 valence electrons. The van der Waals surface area contributed by atoms with E-state index >= 15 is 0 Å². The Labute approximate surface area is 209 Å². The molecule has 0 bridgehead atoms. The molecule has 0 aliphatic heterocycles. The molecule has 0 unspecified atom stereocenters. The highest BCUT2D eigenvalue weighted by Gasteiger charge is 2.28. The summed E-state index contributed by atoms with van der Waals surface area (Å²) in [6, 6.07) is 23.3. The second-order valence-electron chi connectivity index (χ2n) is 7.81. The number of nitrogens with one attached hydrogen (secondary N) is 1. The van der Waals surface area contributed by atoms with Gasteiger partial charge in [0.15, 0.2) is 0 Å². The molecule has 0 spiro atoms. The molecule has 0 aromatic heterocycles. The minimum atomic E-state index is -3.93. The van der Waals surface area contributed by atoms with Crippen LogP contribution in [0.2, 0.25) is 5.02 Å². The van der Waals surface area contributed by atoms with Crippen LogP contribution in [0, 0.1) is 0 Å². The summed E-state index contributed by atoms with van der Waals surface area (Å²) in [6.07, 6.45) is 1.57. The van der Waals surface area contributed by atoms with Crippen molar-refractivity contribution >= 4 is 43.5 Å². The first kappa shape index (κ1) is 25.4. The van der Waals surface area contributed by atoms with Crippen LogP contribution in [0.3, 0.4) is 0 Å². The predicted octanol–water partition coefficient (Wildman–Crippen LogP) is 5.43. The van der Waals surface area contributed by atoms with Gasteiger partial charge in [0.2, 0.25) is 15.9 Å². The average molecular weight is 550 g/mol. The van der Waals surface area contributed by atoms with E-state index in [2.05, 4.69) is 21.2 Å². The number of sulfonamides is 1. The van der Waals surface area contributed by atoms with Gasteiger partial charge in [0.25, 0.3) is 0 Å². The lowest BCUT2D eigenvalue weighted by molar-refractivity contribution is -0.122. The number of carbonyl (C=O) groups is 1. The maximum Gasteiger partial charge on any atom is 0.243 e. The highest BCUT2D eigenvalue weighted by Crippen LogP contribution is 2.23. The van der Waals surface area contributed by atoms with Gasteiger partial charge in [-0.2, -0.15) is 4.31 Å². The molecule has 0 saturated carbocycles. The predicted molar refractivity (Wildman–Crippen MR) is 136 cm³/mol. The molecule has 0 radical (unpaired) electrons. The van der Waals surface area contributed by atoms with Crippen molar-refractivity contribution in [1.82, 2.24) is 9.62 Å². The van der Waals surface area contributed by atoms with Gasteiger partial charge in [-0.25, -0.2) is 8.42 Å². The average Bonchev–Trinajstić information content (AvgIpc) is 2.79. The third-order valence-corrected chi connectivity index (χ3v) is 7.90. The molecule has 0 fully saturated rings. The number of rotatable bonds is 10. The standard InChI is InChI=1S/C25H26BrClN2O3S/c1-19(11-12-20-7-3-2-4-8-20)28-25(30)18-29(17-21-9-5-6-10-24(21)27)33(31,32)23-15-13-22(26)14-16-23/h2-10,13-16,19H,11-12,17-18H2,1H3,(H,28,30)/t19-/m1/s1. The largest absolute Gasteiger partial charge is 0.352 e. The molecule has 0 heterocycles. The van der Waals surface area contributed by atoms with Crippen LogP contribution < -0.4 is 5.32 Å². The van der Waals surface area contributed by atoms with Gasteiger partial charge in [0.1, 0.15) is 0 Å². The zero-order chi connectivity index (χ0) is 23.8. The molecule has 33 heavy (non-hydrogen) atoms. The summed E-state index contributed by atoms with van der Waals surface area (Å²) < 4.78 is 28.7. The molecule has 0 saturated heterocycles. The zero-order valence-electron chi connectivity index (χ0n) is 18.2. The monoisotopic (exact) mass is 548 g/mol. The second kappa shape index (κ2) is 11.8. The van der Waals surface area contributed by atoms with Crippen LogP contribution in [0.5, 0.6) is 0 Å². The van der Waals surface area contributed by atoms with E-state index in [0.717, 1.165) is 21.6 Å². The fourth-order valence-corrected chi connectivity index (χ4v) is 5.21. The summed E-state index contributed by atoms with van der Waals surface area (Å²) in [5, 5.41) is 3.38. The van der Waals surface area contributed by atoms with Crippen LogP contribution in [-0.4, -0.2) is 31.2 Å². The summed E-state index contributed by atoms with van der Waals surface area (Å²) in [6.45, 7) is 1.60. The van der Waals surface area contributed by atoms with E-state index in [1.54, 1.807) is 36.4 Å². The van der Waals surface area contributed by atoms with Gasteiger partial charge in [0.05, 0.1) is 11.4 Å². The number of carbonyl (C=O) groups excluding carboxylic acids is 1. The minimum Gasteiger partial charge on any atom is -0.352 e. The summed E-state index contributed by atoms with van der Waals surface area (Å²) in [5.74, 6) is -0.358. The van der Waals surface area contributed by atoms with Crippen LogP contribution in [0.1, 0.15) is 24.5 Å². The van der Waals surface area contributed by atoms with Crippen LogP contribution >= 0.6 is 27.5 Å². The first-order valence-electron chi connectivity index (χ1n) is 10.6. The minimum absolute atomic E-state index is 0.0100. The Kier molecular flexibility index (Phi) is 9.09. The van der Waals surface area contributed by atoms with Crippen molar-refractivity contribution < 1.29 is 13.2 Å². The van der Waals surface area contributed by atoms with Crippen molar-refractivity contribution in [3.8, 4) is 0 Å². The van der Waals surface area contributed by atoms with Crippen LogP contribution in [0.15, 0.2) is 88.2 Å². The molecule has 5 nitrogen and oxygen atoms in total. The smallest absolute Gasteiger partial charge is 0.243 e. The lowest BCUT2D eigenvalue weighted by atomic mass is 10.1. The highest BCUT2D eigenvalue weighted by molar-refractivity contribution is 9.10. The number of halogens is 2. The second-order valence-corrected chi connectivity index (χ2v) is 11.1. The first-order chi connectivity index (χ1) is 15.8. The Morgan fingerprint density at radius 1 is 1.00 bits per heavy atom. The molecular weight excluding hydrogens is 524 g/mol. The van der Waals surface area contributed by atoms with Crippen molar-refractivity contribution in [3.63, 3.8) is 0 Å². The Balaban J connectivity index is 1.73. The molecule has 3 aromatic carbocycles. The van der Waals surface area contributed by atoms with Gasteiger partial charge in [0, 0.05) is 22.1 Å². The topological polar surface area (TPSA) is 66.5 Å². The molecule has 1 N–H and O–H groups in total. The van der Waals surface area contributed by atoms with Crippen molar-refractivity contribution in [2.75, 3.05) is 6.54 Å². The normalized spacial score (nSPS) is 12.5. The van der Waals surface area contributed by atoms with E-state index in [1.165, 1.54) is 17.7 Å². The summed E-state index contributed by atoms with van der Waals surface area (Å²) in [7, 11) is -3.93. The number of hydrogen-bond donors (Lipinski definition) is 1. The van der Waals surface area contributed by atoms with Gasteiger partial charge >= 0.3 is 0 Å². The molecule has 1 amide bonds. The van der Waals surface area contributed by atoms with Crippen molar-refractivity contribution in [1.29, 1.82) is 0 Å². The molecule has 0 aliphatic carbocycles. The van der Waals surface area contributed by atoms with E-state index in [9.17, 15) is 13.2 Å². The maximum absolute atomic E-state index is 13.4. The van der Waals surface area contributed by atoms with Crippen LogP contribution in [0.25, 0.3) is 0 Å². The van der Waals surface area contributed by atoms with E-state index < -0.39 is 10.0 Å². The van der Waals surface area contributed by atoms with Gasteiger partial charge in [-0.1, -0.05) is 76.1 Å². The number of hydrogen-bond acceptors (Lipinski definition) is 3. The maximum atomic E-state index is 13.4. The van der Waals surface area contributed by atoms with Gasteiger partial charge in [-0.3, -0.25) is 4.79 Å². The van der Waals surface area contributed by atoms with Crippen LogP contribution in [0.4, 0.5) is 0 Å². The fraction of sp³-hybridized carbons (Fsp3) is 0.240. The Morgan fingerprint density at radius 3 is 2.30 bits per heavy atom. The lowest BCUT2D eigenvalue weighted by Crippen LogP contribution is -2.43. The molecule has 3 rings (SSSR count). The summed E-state index contributed by atoms with van der Waals surface area (Å²) in [5.41, 5.74) is 1.82.